The average molecular weight is 362 g/mol. The van der Waals surface area contributed by atoms with Crippen molar-refractivity contribution >= 4 is 29.3 Å². The van der Waals surface area contributed by atoms with Crippen LogP contribution < -0.4 is 10.6 Å². The lowest BCUT2D eigenvalue weighted by atomic mass is 10.1. The van der Waals surface area contributed by atoms with Gasteiger partial charge in [-0.05, 0) is 56.9 Å². The molecule has 6 heteroatoms. The summed E-state index contributed by atoms with van der Waals surface area (Å²) in [5.41, 5.74) is 0.640. The fourth-order valence-electron chi connectivity index (χ4n) is 3.37. The molecule has 0 bridgehead atoms. The van der Waals surface area contributed by atoms with E-state index in [-0.39, 0.29) is 12.1 Å². The molecule has 1 aromatic carbocycles. The van der Waals surface area contributed by atoms with Crippen LogP contribution in [0.5, 0.6) is 0 Å². The minimum absolute atomic E-state index is 0.00338. The van der Waals surface area contributed by atoms with Gasteiger partial charge in [-0.2, -0.15) is 0 Å². The Morgan fingerprint density at radius 1 is 1.08 bits per heavy atom. The third-order valence-corrected chi connectivity index (χ3v) is 6.15. The van der Waals surface area contributed by atoms with Crippen LogP contribution in [0.25, 0.3) is 0 Å². The first kappa shape index (κ1) is 18.3. The van der Waals surface area contributed by atoms with Gasteiger partial charge in [-0.25, -0.2) is 0 Å². The first-order chi connectivity index (χ1) is 12.1. The molecule has 1 aromatic rings. The number of carbonyl (C=O) groups excluding carboxylic acids is 2. The normalized spacial score (nSPS) is 21.9. The number of anilines is 1. The van der Waals surface area contributed by atoms with E-state index < -0.39 is 11.8 Å². The Balaban J connectivity index is 1.47. The molecule has 1 saturated carbocycles. The Labute approximate surface area is 153 Å². The van der Waals surface area contributed by atoms with Crippen molar-refractivity contribution in [3.63, 3.8) is 0 Å². The fraction of sp³-hybridized carbons (Fsp3) is 0.579. The standard InChI is InChI=1S/C19H26N2O3S/c1-13(17-7-4-12-24-17)20-18(22)19(23)21-14-8-10-16(11-9-14)25-15-5-2-3-6-15/h8-11,13,15,17H,2-7,12H2,1H3,(H,20,22)(H,21,23)/t13-,17-/m1/s1. The molecule has 136 valence electrons. The second-order valence-corrected chi connectivity index (χ2v) is 8.19. The molecule has 0 spiro atoms. The van der Waals surface area contributed by atoms with Crippen LogP contribution in [0.1, 0.15) is 45.4 Å². The fourth-order valence-corrected chi connectivity index (χ4v) is 4.61. The van der Waals surface area contributed by atoms with Crippen LogP contribution in [-0.2, 0) is 14.3 Å². The topological polar surface area (TPSA) is 67.4 Å². The van der Waals surface area contributed by atoms with Crippen molar-refractivity contribution in [2.45, 2.75) is 67.7 Å². The third kappa shape index (κ3) is 5.22. The summed E-state index contributed by atoms with van der Waals surface area (Å²) in [7, 11) is 0. The maximum Gasteiger partial charge on any atom is 0.313 e. The molecular formula is C19H26N2O3S. The molecule has 2 amide bonds. The highest BCUT2D eigenvalue weighted by molar-refractivity contribution is 8.00. The summed E-state index contributed by atoms with van der Waals surface area (Å²) >= 11 is 1.90. The molecule has 0 aromatic heterocycles. The number of nitrogens with one attached hydrogen (secondary N) is 2. The molecule has 2 atom stereocenters. The number of carbonyl (C=O) groups is 2. The van der Waals surface area contributed by atoms with Crippen LogP contribution in [0, 0.1) is 0 Å². The first-order valence-electron chi connectivity index (χ1n) is 9.12. The van der Waals surface area contributed by atoms with E-state index in [4.69, 9.17) is 4.74 Å². The lowest BCUT2D eigenvalue weighted by molar-refractivity contribution is -0.137. The summed E-state index contributed by atoms with van der Waals surface area (Å²) in [6, 6.07) is 7.56. The van der Waals surface area contributed by atoms with Crippen molar-refractivity contribution in [1.82, 2.24) is 5.32 Å². The van der Waals surface area contributed by atoms with Gasteiger partial charge in [-0.15, -0.1) is 11.8 Å². The number of ether oxygens (including phenoxy) is 1. The minimum atomic E-state index is -0.638. The monoisotopic (exact) mass is 362 g/mol. The van der Waals surface area contributed by atoms with Gasteiger partial charge in [-0.3, -0.25) is 9.59 Å². The number of thioether (sulfide) groups is 1. The van der Waals surface area contributed by atoms with Gasteiger partial charge < -0.3 is 15.4 Å². The molecular weight excluding hydrogens is 336 g/mol. The highest BCUT2D eigenvalue weighted by atomic mass is 32.2. The molecule has 25 heavy (non-hydrogen) atoms. The zero-order chi connectivity index (χ0) is 17.6. The number of benzene rings is 1. The SMILES string of the molecule is C[C@@H](NC(=O)C(=O)Nc1ccc(SC2CCCC2)cc1)[C@H]1CCCO1. The van der Waals surface area contributed by atoms with Crippen LogP contribution in [-0.4, -0.2) is 35.8 Å². The lowest BCUT2D eigenvalue weighted by Crippen LogP contribution is -2.45. The predicted octanol–water partition coefficient (Wildman–Crippen LogP) is 3.34. The lowest BCUT2D eigenvalue weighted by Gasteiger charge is -2.19. The van der Waals surface area contributed by atoms with Gasteiger partial charge >= 0.3 is 11.8 Å². The Bertz CT molecular complexity index is 593. The number of rotatable bonds is 5. The third-order valence-electron chi connectivity index (χ3n) is 4.80. The number of amides is 2. The molecule has 0 unspecified atom stereocenters. The van der Waals surface area contributed by atoms with Crippen LogP contribution in [0.3, 0.4) is 0 Å². The van der Waals surface area contributed by atoms with Gasteiger partial charge in [0.05, 0.1) is 12.1 Å². The van der Waals surface area contributed by atoms with E-state index in [0.717, 1.165) is 19.4 Å². The highest BCUT2D eigenvalue weighted by Crippen LogP contribution is 2.34. The van der Waals surface area contributed by atoms with Crippen molar-refractivity contribution in [2.24, 2.45) is 0 Å². The Morgan fingerprint density at radius 3 is 2.44 bits per heavy atom. The molecule has 2 N–H and O–H groups in total. The summed E-state index contributed by atoms with van der Waals surface area (Å²) in [5, 5.41) is 6.09. The van der Waals surface area contributed by atoms with E-state index in [1.54, 1.807) is 0 Å². The van der Waals surface area contributed by atoms with E-state index in [9.17, 15) is 9.59 Å². The van der Waals surface area contributed by atoms with E-state index in [2.05, 4.69) is 10.6 Å². The summed E-state index contributed by atoms with van der Waals surface area (Å²) in [5.74, 6) is -1.26. The molecule has 2 fully saturated rings. The van der Waals surface area contributed by atoms with Gasteiger partial charge in [-0.1, -0.05) is 12.8 Å². The van der Waals surface area contributed by atoms with Crippen molar-refractivity contribution in [1.29, 1.82) is 0 Å². The van der Waals surface area contributed by atoms with E-state index in [1.165, 1.54) is 30.6 Å². The average Bonchev–Trinajstić information content (AvgIpc) is 3.30. The van der Waals surface area contributed by atoms with Crippen LogP contribution in [0.4, 0.5) is 5.69 Å². The smallest absolute Gasteiger partial charge is 0.313 e. The quantitative estimate of drug-likeness (QED) is 0.789. The molecule has 0 radical (unpaired) electrons. The zero-order valence-corrected chi connectivity index (χ0v) is 15.4. The van der Waals surface area contributed by atoms with E-state index in [0.29, 0.717) is 10.9 Å². The maximum absolute atomic E-state index is 12.1. The zero-order valence-electron chi connectivity index (χ0n) is 14.6. The summed E-state index contributed by atoms with van der Waals surface area (Å²) < 4.78 is 5.53. The second-order valence-electron chi connectivity index (χ2n) is 6.82. The molecule has 1 heterocycles. The molecule has 1 saturated heterocycles. The number of hydrogen-bond acceptors (Lipinski definition) is 4. The van der Waals surface area contributed by atoms with Crippen molar-refractivity contribution in [3.05, 3.63) is 24.3 Å². The molecule has 5 nitrogen and oxygen atoms in total. The van der Waals surface area contributed by atoms with Gasteiger partial charge in [0.2, 0.25) is 0 Å². The Hall–Kier alpha value is -1.53. The van der Waals surface area contributed by atoms with Crippen molar-refractivity contribution < 1.29 is 14.3 Å². The van der Waals surface area contributed by atoms with Gasteiger partial charge in [0.15, 0.2) is 0 Å². The summed E-state index contributed by atoms with van der Waals surface area (Å²) in [6.07, 6.45) is 7.14. The van der Waals surface area contributed by atoms with Crippen LogP contribution >= 0.6 is 11.8 Å². The number of hydrogen-bond donors (Lipinski definition) is 2. The van der Waals surface area contributed by atoms with E-state index >= 15 is 0 Å². The van der Waals surface area contributed by atoms with Gasteiger partial charge in [0, 0.05) is 22.4 Å². The Morgan fingerprint density at radius 2 is 1.80 bits per heavy atom. The predicted molar refractivity (Wildman–Crippen MR) is 99.8 cm³/mol. The second kappa shape index (κ2) is 8.72. The molecule has 3 rings (SSSR count). The molecule has 1 aliphatic carbocycles. The van der Waals surface area contributed by atoms with Crippen LogP contribution in [0.15, 0.2) is 29.2 Å². The first-order valence-corrected chi connectivity index (χ1v) is 10.00. The Kier molecular flexibility index (Phi) is 6.37. The maximum atomic E-state index is 12.1. The largest absolute Gasteiger partial charge is 0.376 e. The molecule has 1 aliphatic heterocycles. The van der Waals surface area contributed by atoms with Crippen molar-refractivity contribution in [2.75, 3.05) is 11.9 Å². The minimum Gasteiger partial charge on any atom is -0.376 e. The van der Waals surface area contributed by atoms with Gasteiger partial charge in [0.1, 0.15) is 0 Å². The molecule has 2 aliphatic rings. The van der Waals surface area contributed by atoms with Gasteiger partial charge in [0.25, 0.3) is 0 Å². The summed E-state index contributed by atoms with van der Waals surface area (Å²) in [6.45, 7) is 2.60. The summed E-state index contributed by atoms with van der Waals surface area (Å²) in [4.78, 5) is 25.3. The van der Waals surface area contributed by atoms with Crippen molar-refractivity contribution in [3.8, 4) is 0 Å². The highest BCUT2D eigenvalue weighted by Gasteiger charge is 2.25. The van der Waals surface area contributed by atoms with Crippen LogP contribution in [0.2, 0.25) is 0 Å². The van der Waals surface area contributed by atoms with E-state index in [1.807, 2.05) is 43.0 Å².